The Morgan fingerprint density at radius 2 is 2.28 bits per heavy atom. The Morgan fingerprint density at radius 1 is 1.47 bits per heavy atom. The highest BCUT2D eigenvalue weighted by molar-refractivity contribution is 7.51. The van der Waals surface area contributed by atoms with E-state index in [1.165, 1.54) is 25.2 Å². The first-order valence-corrected chi connectivity index (χ1v) is 11.1. The maximum Gasteiger partial charge on any atom is 0.432 e. The second-order valence-electron chi connectivity index (χ2n) is 7.19. The van der Waals surface area contributed by atoms with Gasteiger partial charge in [0.2, 0.25) is 5.91 Å². The molecular weight excluding hydrogens is 445 g/mol. The molecule has 1 saturated heterocycles. The smallest absolute Gasteiger partial charge is 0.390 e. The predicted octanol–water partition coefficient (Wildman–Crippen LogP) is -1.42. The molecule has 0 spiro atoms. The van der Waals surface area contributed by atoms with Gasteiger partial charge in [0.05, 0.1) is 31.4 Å². The fraction of sp³-hybridized carbons (Fsp3) is 0.438. The van der Waals surface area contributed by atoms with Gasteiger partial charge in [-0.3, -0.25) is 19.0 Å². The van der Waals surface area contributed by atoms with E-state index in [0.29, 0.717) is 16.9 Å². The van der Waals surface area contributed by atoms with Gasteiger partial charge in [-0.2, -0.15) is 0 Å². The molecule has 0 radical (unpaired) electrons. The summed E-state index contributed by atoms with van der Waals surface area (Å²) in [7, 11) is -4.55. The molecule has 1 fully saturated rings. The first-order valence-electron chi connectivity index (χ1n) is 9.52. The van der Waals surface area contributed by atoms with Crippen LogP contribution in [-0.4, -0.2) is 70.3 Å². The Morgan fingerprint density at radius 3 is 3.03 bits per heavy atom. The zero-order chi connectivity index (χ0) is 22.9. The van der Waals surface area contributed by atoms with Crippen molar-refractivity contribution in [3.63, 3.8) is 0 Å². The quantitative estimate of drug-likeness (QED) is 0.210. The van der Waals surface area contributed by atoms with Crippen molar-refractivity contribution in [2.75, 3.05) is 12.3 Å². The Kier molecular flexibility index (Phi) is 6.19. The molecule has 1 aliphatic rings. The van der Waals surface area contributed by atoms with Crippen molar-refractivity contribution >= 4 is 30.6 Å². The number of aliphatic hydroxyl groups excluding tert-OH is 1. The second-order valence-corrected chi connectivity index (χ2v) is 8.72. The minimum absolute atomic E-state index is 0.0882. The van der Waals surface area contributed by atoms with Gasteiger partial charge in [-0.05, 0) is 0 Å². The molecule has 0 saturated carbocycles. The third kappa shape index (κ3) is 4.77. The molecule has 8 N–H and O–H groups in total. The average molecular weight is 467 g/mol. The number of hydrogen-bond acceptors (Lipinski definition) is 11. The number of amides is 1. The van der Waals surface area contributed by atoms with Gasteiger partial charge >= 0.3 is 7.75 Å². The van der Waals surface area contributed by atoms with Gasteiger partial charge in [0.15, 0.2) is 11.5 Å². The monoisotopic (exact) mass is 467 g/mol. The second kappa shape index (κ2) is 8.90. The van der Waals surface area contributed by atoms with Gasteiger partial charge in [-0.1, -0.05) is 0 Å². The van der Waals surface area contributed by atoms with Crippen LogP contribution in [0.5, 0.6) is 0 Å². The number of anilines is 1. The van der Waals surface area contributed by atoms with Crippen molar-refractivity contribution in [1.29, 1.82) is 0 Å². The van der Waals surface area contributed by atoms with E-state index in [2.05, 4.69) is 24.9 Å². The van der Waals surface area contributed by atoms with E-state index >= 15 is 0 Å². The van der Waals surface area contributed by atoms with Crippen LogP contribution < -0.4 is 16.6 Å². The SMILES string of the molecule is Nc1ncnc2c1ncn2[C@H]1C[C@H](O)[C@@H](COP(=O)(O)NC(=O)[C@@H](N)Cc2cnc[nH]2)O1. The molecule has 3 aromatic heterocycles. The molecule has 0 aromatic carbocycles. The molecule has 15 nitrogen and oxygen atoms in total. The molecule has 0 aliphatic carbocycles. The number of nitrogen functional groups attached to an aromatic ring is 1. The molecule has 4 rings (SSSR count). The lowest BCUT2D eigenvalue weighted by molar-refractivity contribution is -0.121. The predicted molar refractivity (Wildman–Crippen MR) is 108 cm³/mol. The molecule has 32 heavy (non-hydrogen) atoms. The van der Waals surface area contributed by atoms with Crippen LogP contribution in [0.15, 0.2) is 25.2 Å². The summed E-state index contributed by atoms with van der Waals surface area (Å²) in [6.07, 6.45) is 3.29. The Bertz CT molecular complexity index is 1140. The number of nitrogens with one attached hydrogen (secondary N) is 2. The molecule has 0 bridgehead atoms. The molecule has 1 aliphatic heterocycles. The average Bonchev–Trinajstić information content (AvgIpc) is 3.46. The van der Waals surface area contributed by atoms with Gasteiger partial charge in [0.25, 0.3) is 0 Å². The van der Waals surface area contributed by atoms with Gasteiger partial charge in [-0.25, -0.2) is 24.5 Å². The lowest BCUT2D eigenvalue weighted by Crippen LogP contribution is -2.41. The number of aliphatic hydroxyl groups is 1. The topological polar surface area (TPSA) is 229 Å². The summed E-state index contributed by atoms with van der Waals surface area (Å²) in [4.78, 5) is 40.8. The highest BCUT2D eigenvalue weighted by Gasteiger charge is 2.38. The maximum atomic E-state index is 12.3. The summed E-state index contributed by atoms with van der Waals surface area (Å²) in [6.45, 7) is -0.453. The molecule has 1 amide bonds. The minimum Gasteiger partial charge on any atom is -0.390 e. The summed E-state index contributed by atoms with van der Waals surface area (Å²) >= 11 is 0. The fourth-order valence-corrected chi connectivity index (χ4v) is 4.13. The van der Waals surface area contributed by atoms with E-state index in [-0.39, 0.29) is 18.7 Å². The number of nitrogens with zero attached hydrogens (tertiary/aromatic N) is 5. The number of rotatable bonds is 8. The van der Waals surface area contributed by atoms with Crippen LogP contribution in [0.1, 0.15) is 18.3 Å². The molecular formula is C16H22N9O6P. The highest BCUT2D eigenvalue weighted by Crippen LogP contribution is 2.39. The van der Waals surface area contributed by atoms with Crippen molar-refractivity contribution in [1.82, 2.24) is 34.6 Å². The summed E-state index contributed by atoms with van der Waals surface area (Å²) in [5.41, 5.74) is 12.9. The van der Waals surface area contributed by atoms with Crippen molar-refractivity contribution < 1.29 is 28.6 Å². The van der Waals surface area contributed by atoms with Crippen LogP contribution in [0, 0.1) is 0 Å². The summed E-state index contributed by atoms with van der Waals surface area (Å²) in [5, 5.41) is 12.2. The van der Waals surface area contributed by atoms with E-state index in [9.17, 15) is 19.4 Å². The van der Waals surface area contributed by atoms with E-state index < -0.39 is 44.7 Å². The van der Waals surface area contributed by atoms with Crippen molar-refractivity contribution in [3.8, 4) is 0 Å². The number of imidazole rings is 2. The number of hydrogen-bond donors (Lipinski definition) is 6. The Labute approximate surface area is 180 Å². The van der Waals surface area contributed by atoms with Crippen molar-refractivity contribution in [2.45, 2.75) is 37.3 Å². The van der Waals surface area contributed by atoms with Gasteiger partial charge in [0.1, 0.15) is 24.2 Å². The lowest BCUT2D eigenvalue weighted by Gasteiger charge is -2.19. The third-order valence-electron chi connectivity index (χ3n) is 4.90. The van der Waals surface area contributed by atoms with Gasteiger partial charge in [-0.15, -0.1) is 0 Å². The van der Waals surface area contributed by atoms with Crippen LogP contribution >= 0.6 is 7.75 Å². The standard InChI is InChI=1S/C16H22N9O6P/c17-9(1-8-3-19-5-20-8)16(27)24-32(28,29)30-4-11-10(26)2-12(31-11)25-7-23-13-14(18)21-6-22-15(13)25/h3,5-7,9-12,26H,1-2,4,17H2,(H,19,20)(H2,18,21,22)(H2,24,27,28,29)/t9-,10-,11+,12+/m0/s1. The number of fused-ring (bicyclic) bond motifs is 1. The zero-order valence-electron chi connectivity index (χ0n) is 16.6. The zero-order valence-corrected chi connectivity index (χ0v) is 17.5. The molecule has 3 aromatic rings. The Balaban J connectivity index is 1.33. The maximum absolute atomic E-state index is 12.3. The van der Waals surface area contributed by atoms with E-state index in [0.717, 1.165) is 0 Å². The van der Waals surface area contributed by atoms with Crippen LogP contribution in [-0.2, 0) is 25.0 Å². The number of aromatic nitrogens is 6. The first kappa shape index (κ1) is 22.3. The lowest BCUT2D eigenvalue weighted by atomic mass is 10.2. The van der Waals surface area contributed by atoms with E-state index in [1.807, 2.05) is 5.09 Å². The van der Waals surface area contributed by atoms with Crippen LogP contribution in [0.4, 0.5) is 5.82 Å². The van der Waals surface area contributed by atoms with Crippen molar-refractivity contribution in [3.05, 3.63) is 30.9 Å². The van der Waals surface area contributed by atoms with E-state index in [1.54, 1.807) is 4.57 Å². The normalized spacial score (nSPS) is 23.8. The molecule has 4 heterocycles. The molecule has 16 heteroatoms. The summed E-state index contributed by atoms with van der Waals surface area (Å²) in [6, 6.07) is -1.10. The largest absolute Gasteiger partial charge is 0.432 e. The van der Waals surface area contributed by atoms with Crippen LogP contribution in [0.25, 0.3) is 11.2 Å². The summed E-state index contributed by atoms with van der Waals surface area (Å²) in [5.74, 6) is -0.673. The van der Waals surface area contributed by atoms with E-state index in [4.69, 9.17) is 20.7 Å². The van der Waals surface area contributed by atoms with Crippen LogP contribution in [0.2, 0.25) is 0 Å². The van der Waals surface area contributed by atoms with Gasteiger partial charge in [0, 0.05) is 24.7 Å². The molecule has 5 atom stereocenters. The number of nitrogens with two attached hydrogens (primary N) is 2. The van der Waals surface area contributed by atoms with Crippen LogP contribution in [0.3, 0.4) is 0 Å². The van der Waals surface area contributed by atoms with Crippen molar-refractivity contribution in [2.24, 2.45) is 5.73 Å². The fourth-order valence-electron chi connectivity index (χ4n) is 3.27. The summed E-state index contributed by atoms with van der Waals surface area (Å²) < 4.78 is 24.5. The molecule has 172 valence electrons. The first-order chi connectivity index (χ1) is 15.2. The number of H-pyrrole nitrogens is 1. The number of carbonyl (C=O) groups is 1. The highest BCUT2D eigenvalue weighted by atomic mass is 31.2. The number of carbonyl (C=O) groups excluding carboxylic acids is 1. The number of ether oxygens (including phenoxy) is 1. The third-order valence-corrected chi connectivity index (χ3v) is 5.90. The van der Waals surface area contributed by atoms with Gasteiger partial charge < -0.3 is 31.2 Å². The minimum atomic E-state index is -4.55. The molecule has 1 unspecified atom stereocenters. The number of aromatic amines is 1. The Hall–Kier alpha value is -2.94.